The minimum Gasteiger partial charge on any atom is -0.512 e. The summed E-state index contributed by atoms with van der Waals surface area (Å²) in [5.74, 6) is 1.45. The molecule has 2 heterocycles. The molecule has 0 spiro atoms. The lowest BCUT2D eigenvalue weighted by atomic mass is 9.61. The molecule has 1 fully saturated rings. The highest BCUT2D eigenvalue weighted by molar-refractivity contribution is 8.13. The van der Waals surface area contributed by atoms with Gasteiger partial charge in [0, 0.05) is 19.0 Å². The molecule has 0 aromatic rings. The molecule has 4 aliphatic rings. The first-order chi connectivity index (χ1) is 16.2. The summed E-state index contributed by atoms with van der Waals surface area (Å²) < 4.78 is 6.75. The molecular weight excluding hydrogens is 440 g/mol. The minimum absolute atomic E-state index is 0.0411. The Hall–Kier alpha value is -1.20. The summed E-state index contributed by atoms with van der Waals surface area (Å²) in [6.07, 6.45) is 17.3. The third kappa shape index (κ3) is 5.31. The quantitative estimate of drug-likeness (QED) is 0.292. The summed E-state index contributed by atoms with van der Waals surface area (Å²) >= 11 is 1.75. The zero-order valence-corrected chi connectivity index (χ0v) is 23.1. The lowest BCUT2D eigenvalue weighted by Crippen LogP contribution is -2.55. The van der Waals surface area contributed by atoms with Crippen molar-refractivity contribution in [1.82, 2.24) is 4.90 Å². The van der Waals surface area contributed by atoms with Gasteiger partial charge in [0.05, 0.1) is 24.0 Å². The van der Waals surface area contributed by atoms with Crippen molar-refractivity contribution in [1.29, 1.82) is 0 Å². The molecule has 0 aromatic heterocycles. The number of allylic oxidation sites excluding steroid dienone is 3. The second-order valence-electron chi connectivity index (χ2n) is 12.0. The molecule has 34 heavy (non-hydrogen) atoms. The van der Waals surface area contributed by atoms with E-state index in [4.69, 9.17) is 4.74 Å². The van der Waals surface area contributed by atoms with Crippen LogP contribution >= 0.6 is 11.8 Å². The van der Waals surface area contributed by atoms with Gasteiger partial charge in [0.15, 0.2) is 5.17 Å². The van der Waals surface area contributed by atoms with Crippen LogP contribution in [0.2, 0.25) is 0 Å². The molecule has 0 saturated carbocycles. The van der Waals surface area contributed by atoms with E-state index in [1.165, 1.54) is 42.0 Å². The molecule has 5 heteroatoms. The Bertz CT molecular complexity index is 869. The SMILES string of the molecule is CCCCCCC(C)(C)C1=CC2OC(C)(C)[C@H]3CC=C(CN4CCN=C4SC)CC3[C@@H]2C(O)=C1. The van der Waals surface area contributed by atoms with Gasteiger partial charge in [-0.2, -0.15) is 0 Å². The van der Waals surface area contributed by atoms with Crippen molar-refractivity contribution >= 4 is 16.9 Å². The van der Waals surface area contributed by atoms with E-state index in [2.05, 4.69) is 69.0 Å². The van der Waals surface area contributed by atoms with Crippen LogP contribution < -0.4 is 0 Å². The standard InChI is InChI=1S/C29H46N2O2S/c1-7-8-9-10-13-28(2,3)21-17-24(32)26-22-16-20(19-31-15-14-30-27(31)34-6)11-12-23(22)29(4,5)33-25(26)18-21/h11,17-18,22-23,25-26,32H,7-10,12-16,19H2,1-6H3/t22?,23-,25?,26+/m0/s1. The van der Waals surface area contributed by atoms with Crippen LogP contribution in [0.4, 0.5) is 0 Å². The van der Waals surface area contributed by atoms with E-state index in [1.54, 1.807) is 11.8 Å². The van der Waals surface area contributed by atoms with E-state index < -0.39 is 0 Å². The van der Waals surface area contributed by atoms with Gasteiger partial charge >= 0.3 is 0 Å². The van der Waals surface area contributed by atoms with Crippen LogP contribution in [0.15, 0.2) is 40.1 Å². The van der Waals surface area contributed by atoms with Crippen molar-refractivity contribution in [2.75, 3.05) is 25.9 Å². The zero-order valence-electron chi connectivity index (χ0n) is 22.3. The first kappa shape index (κ1) is 25.9. The predicted molar refractivity (Wildman–Crippen MR) is 145 cm³/mol. The van der Waals surface area contributed by atoms with Gasteiger partial charge in [-0.05, 0) is 68.3 Å². The number of unbranched alkanes of at least 4 members (excludes halogenated alkanes) is 3. The maximum absolute atomic E-state index is 11.4. The molecule has 1 saturated heterocycles. The van der Waals surface area contributed by atoms with Crippen molar-refractivity contribution in [3.8, 4) is 0 Å². The number of thioether (sulfide) groups is 1. The summed E-state index contributed by atoms with van der Waals surface area (Å²) in [5, 5.41) is 12.6. The molecule has 0 aromatic carbocycles. The summed E-state index contributed by atoms with van der Waals surface area (Å²) in [6.45, 7) is 14.3. The molecule has 4 nitrogen and oxygen atoms in total. The second-order valence-corrected chi connectivity index (χ2v) is 12.7. The lowest BCUT2D eigenvalue weighted by molar-refractivity contribution is -0.177. The van der Waals surface area contributed by atoms with Crippen LogP contribution in [0.25, 0.3) is 0 Å². The van der Waals surface area contributed by atoms with Crippen molar-refractivity contribution in [3.05, 3.63) is 35.1 Å². The highest BCUT2D eigenvalue weighted by atomic mass is 32.2. The van der Waals surface area contributed by atoms with Crippen LogP contribution in [-0.2, 0) is 4.74 Å². The van der Waals surface area contributed by atoms with E-state index in [1.807, 2.05) is 0 Å². The van der Waals surface area contributed by atoms with Crippen LogP contribution in [0.3, 0.4) is 0 Å². The first-order valence-electron chi connectivity index (χ1n) is 13.5. The van der Waals surface area contributed by atoms with Crippen molar-refractivity contribution in [2.45, 2.75) is 91.3 Å². The monoisotopic (exact) mass is 486 g/mol. The average molecular weight is 487 g/mol. The van der Waals surface area contributed by atoms with Gasteiger partial charge in [-0.25, -0.2) is 0 Å². The first-order valence-corrected chi connectivity index (χ1v) is 14.7. The van der Waals surface area contributed by atoms with E-state index >= 15 is 0 Å². The summed E-state index contributed by atoms with van der Waals surface area (Å²) in [4.78, 5) is 7.07. The van der Waals surface area contributed by atoms with Gasteiger partial charge in [-0.1, -0.05) is 75.9 Å². The number of rotatable bonds is 8. The maximum atomic E-state index is 11.4. The number of hydrogen-bond acceptors (Lipinski definition) is 5. The van der Waals surface area contributed by atoms with Gasteiger partial charge in [0.1, 0.15) is 0 Å². The highest BCUT2D eigenvalue weighted by Crippen LogP contribution is 2.53. The number of nitrogens with zero attached hydrogens (tertiary/aromatic N) is 2. The predicted octanol–water partition coefficient (Wildman–Crippen LogP) is 7.15. The minimum atomic E-state index is -0.197. The fraction of sp³-hybridized carbons (Fsp3) is 0.759. The molecule has 0 radical (unpaired) electrons. The lowest BCUT2D eigenvalue weighted by Gasteiger charge is -2.54. The Balaban J connectivity index is 1.52. The van der Waals surface area contributed by atoms with Gasteiger partial charge < -0.3 is 14.7 Å². The fourth-order valence-electron chi connectivity index (χ4n) is 6.67. The molecule has 4 rings (SSSR count). The van der Waals surface area contributed by atoms with E-state index in [9.17, 15) is 5.11 Å². The largest absolute Gasteiger partial charge is 0.512 e. The summed E-state index contributed by atoms with van der Waals surface area (Å²) in [7, 11) is 0. The number of aliphatic hydroxyl groups is 1. The van der Waals surface area contributed by atoms with E-state index in [0.29, 0.717) is 17.6 Å². The Morgan fingerprint density at radius 1 is 1.26 bits per heavy atom. The Labute approximate surface area is 212 Å². The number of hydrogen-bond donors (Lipinski definition) is 1. The number of amidine groups is 1. The number of fused-ring (bicyclic) bond motifs is 3. The van der Waals surface area contributed by atoms with E-state index in [0.717, 1.165) is 38.9 Å². The molecule has 4 atom stereocenters. The number of aliphatic imine (C=N–C) groups is 1. The topological polar surface area (TPSA) is 45.1 Å². The molecule has 2 aliphatic heterocycles. The second kappa shape index (κ2) is 10.4. The molecule has 0 amide bonds. The average Bonchev–Trinajstić information content (AvgIpc) is 3.23. The van der Waals surface area contributed by atoms with Gasteiger partial charge in [0.2, 0.25) is 0 Å². The maximum Gasteiger partial charge on any atom is 0.159 e. The molecule has 190 valence electrons. The van der Waals surface area contributed by atoms with Gasteiger partial charge in [0.25, 0.3) is 0 Å². The van der Waals surface area contributed by atoms with Crippen molar-refractivity contribution in [2.24, 2.45) is 28.2 Å². The Kier molecular flexibility index (Phi) is 7.93. The molecule has 0 bridgehead atoms. The Morgan fingerprint density at radius 3 is 2.79 bits per heavy atom. The third-order valence-electron chi connectivity index (χ3n) is 8.71. The van der Waals surface area contributed by atoms with Gasteiger partial charge in [-0.15, -0.1) is 0 Å². The van der Waals surface area contributed by atoms with Gasteiger partial charge in [-0.3, -0.25) is 4.99 Å². The summed E-state index contributed by atoms with van der Waals surface area (Å²) in [5.41, 5.74) is 2.61. The number of aliphatic hydroxyl groups excluding tert-OH is 1. The van der Waals surface area contributed by atoms with Crippen molar-refractivity contribution in [3.63, 3.8) is 0 Å². The van der Waals surface area contributed by atoms with Crippen LogP contribution in [-0.4, -0.2) is 52.8 Å². The summed E-state index contributed by atoms with van der Waals surface area (Å²) in [6, 6.07) is 0. The zero-order chi connectivity index (χ0) is 24.5. The third-order valence-corrected chi connectivity index (χ3v) is 9.47. The fourth-order valence-corrected chi connectivity index (χ4v) is 7.30. The molecular formula is C29H46N2O2S. The number of ether oxygens (including phenoxy) is 1. The van der Waals surface area contributed by atoms with E-state index in [-0.39, 0.29) is 23.0 Å². The molecule has 1 N–H and O–H groups in total. The smallest absolute Gasteiger partial charge is 0.159 e. The van der Waals surface area contributed by atoms with Crippen LogP contribution in [0.1, 0.15) is 79.6 Å². The van der Waals surface area contributed by atoms with Crippen LogP contribution in [0.5, 0.6) is 0 Å². The molecule has 2 aliphatic carbocycles. The van der Waals surface area contributed by atoms with Crippen molar-refractivity contribution < 1.29 is 9.84 Å². The highest BCUT2D eigenvalue weighted by Gasteiger charge is 2.52. The Morgan fingerprint density at radius 2 is 2.06 bits per heavy atom. The molecule has 2 unspecified atom stereocenters. The van der Waals surface area contributed by atoms with Crippen LogP contribution in [0, 0.1) is 23.2 Å². The normalized spacial score (nSPS) is 30.7.